The molecule has 1 aromatic carbocycles. The van der Waals surface area contributed by atoms with Gasteiger partial charge in [0.15, 0.2) is 0 Å². The lowest BCUT2D eigenvalue weighted by atomic mass is 10.1. The highest BCUT2D eigenvalue weighted by Gasteiger charge is 2.49. The van der Waals surface area contributed by atoms with E-state index in [0.29, 0.717) is 19.8 Å². The van der Waals surface area contributed by atoms with Crippen molar-refractivity contribution in [1.29, 1.82) is 0 Å². The summed E-state index contributed by atoms with van der Waals surface area (Å²) in [6, 6.07) is 10.0. The van der Waals surface area contributed by atoms with Gasteiger partial charge in [-0.2, -0.15) is 0 Å². The molecule has 2 heterocycles. The average molecular weight is 303 g/mol. The van der Waals surface area contributed by atoms with Crippen molar-refractivity contribution in [2.45, 2.75) is 43.8 Å². The van der Waals surface area contributed by atoms with Gasteiger partial charge in [-0.3, -0.25) is 4.79 Å². The van der Waals surface area contributed by atoms with E-state index in [1.54, 1.807) is 0 Å². The molecule has 4 rings (SSSR count). The van der Waals surface area contributed by atoms with Crippen LogP contribution in [0.15, 0.2) is 30.3 Å². The van der Waals surface area contributed by atoms with Crippen LogP contribution in [0.5, 0.6) is 0 Å². The van der Waals surface area contributed by atoms with Crippen molar-refractivity contribution in [3.05, 3.63) is 35.9 Å². The molecule has 0 aromatic heterocycles. The van der Waals surface area contributed by atoms with Crippen molar-refractivity contribution in [2.24, 2.45) is 5.92 Å². The topological polar surface area (TPSA) is 56.8 Å². The molecule has 0 spiro atoms. The quantitative estimate of drug-likeness (QED) is 0.890. The van der Waals surface area contributed by atoms with Gasteiger partial charge in [-0.25, -0.2) is 0 Å². The van der Waals surface area contributed by atoms with Gasteiger partial charge in [-0.05, 0) is 18.4 Å². The minimum atomic E-state index is -0.0801. The Morgan fingerprint density at radius 2 is 1.91 bits per heavy atom. The van der Waals surface area contributed by atoms with Gasteiger partial charge in [0.25, 0.3) is 0 Å². The third-order valence-corrected chi connectivity index (χ3v) is 4.59. The van der Waals surface area contributed by atoms with Gasteiger partial charge in [0.1, 0.15) is 18.3 Å². The van der Waals surface area contributed by atoms with E-state index in [9.17, 15) is 4.79 Å². The van der Waals surface area contributed by atoms with Crippen molar-refractivity contribution >= 4 is 5.91 Å². The summed E-state index contributed by atoms with van der Waals surface area (Å²) < 4.78 is 17.6. The smallest absolute Gasteiger partial charge is 0.223 e. The van der Waals surface area contributed by atoms with Crippen LogP contribution in [0.25, 0.3) is 0 Å². The Hall–Kier alpha value is -1.43. The van der Waals surface area contributed by atoms with Gasteiger partial charge in [-0.1, -0.05) is 30.3 Å². The number of ether oxygens (including phenoxy) is 3. The van der Waals surface area contributed by atoms with E-state index in [0.717, 1.165) is 18.4 Å². The molecule has 1 aromatic rings. The van der Waals surface area contributed by atoms with Crippen LogP contribution in [0.4, 0.5) is 0 Å². The molecule has 0 bridgehead atoms. The number of hydrogen-bond donors (Lipinski definition) is 1. The molecule has 0 unspecified atom stereocenters. The molecule has 5 nitrogen and oxygen atoms in total. The van der Waals surface area contributed by atoms with Gasteiger partial charge in [-0.15, -0.1) is 0 Å². The first-order valence-electron chi connectivity index (χ1n) is 8.00. The van der Waals surface area contributed by atoms with Crippen molar-refractivity contribution in [3.8, 4) is 0 Å². The Kier molecular flexibility index (Phi) is 3.86. The fourth-order valence-electron chi connectivity index (χ4n) is 3.15. The van der Waals surface area contributed by atoms with Crippen LogP contribution in [0.2, 0.25) is 0 Å². The van der Waals surface area contributed by atoms with E-state index in [4.69, 9.17) is 14.2 Å². The molecule has 1 N–H and O–H groups in total. The highest BCUT2D eigenvalue weighted by atomic mass is 16.6. The molecule has 22 heavy (non-hydrogen) atoms. The van der Waals surface area contributed by atoms with E-state index in [2.05, 4.69) is 5.32 Å². The van der Waals surface area contributed by atoms with Gasteiger partial charge in [0.05, 0.1) is 25.9 Å². The van der Waals surface area contributed by atoms with E-state index < -0.39 is 0 Å². The fraction of sp³-hybridized carbons (Fsp3) is 0.588. The summed E-state index contributed by atoms with van der Waals surface area (Å²) in [6.45, 7) is 1.59. The predicted octanol–water partition coefficient (Wildman–Crippen LogP) is 1.26. The first-order valence-corrected chi connectivity index (χ1v) is 8.00. The Bertz CT molecular complexity index is 531. The molecule has 2 saturated heterocycles. The Morgan fingerprint density at radius 1 is 1.14 bits per heavy atom. The van der Waals surface area contributed by atoms with Gasteiger partial charge in [0.2, 0.25) is 5.91 Å². The first kappa shape index (κ1) is 14.2. The molecular weight excluding hydrogens is 282 g/mol. The summed E-state index contributed by atoms with van der Waals surface area (Å²) in [5.41, 5.74) is 1.14. The van der Waals surface area contributed by atoms with Crippen molar-refractivity contribution in [3.63, 3.8) is 0 Å². The molecule has 3 fully saturated rings. The van der Waals surface area contributed by atoms with E-state index in [1.807, 2.05) is 30.3 Å². The van der Waals surface area contributed by atoms with Crippen LogP contribution in [-0.4, -0.2) is 43.5 Å². The second-order valence-corrected chi connectivity index (χ2v) is 6.32. The number of carbonyl (C=O) groups is 1. The Morgan fingerprint density at radius 3 is 2.68 bits per heavy atom. The predicted molar refractivity (Wildman–Crippen MR) is 79.2 cm³/mol. The van der Waals surface area contributed by atoms with Crippen molar-refractivity contribution in [2.75, 3.05) is 13.2 Å². The molecule has 1 amide bonds. The zero-order chi connectivity index (χ0) is 14.9. The van der Waals surface area contributed by atoms with Crippen LogP contribution in [0.1, 0.15) is 18.4 Å². The van der Waals surface area contributed by atoms with E-state index >= 15 is 0 Å². The van der Waals surface area contributed by atoms with Crippen LogP contribution in [0.3, 0.4) is 0 Å². The summed E-state index contributed by atoms with van der Waals surface area (Å²) in [4.78, 5) is 11.9. The zero-order valence-corrected chi connectivity index (χ0v) is 12.4. The SMILES string of the molecule is O=C(N[C@H]1CO[C@H]2[C@H]1OC[C@@H]2OCc1ccccc1)C1CC1. The highest BCUT2D eigenvalue weighted by molar-refractivity contribution is 5.81. The molecular formula is C17H21NO4. The molecule has 1 saturated carbocycles. The fourth-order valence-corrected chi connectivity index (χ4v) is 3.15. The van der Waals surface area contributed by atoms with Crippen LogP contribution in [-0.2, 0) is 25.6 Å². The lowest BCUT2D eigenvalue weighted by Gasteiger charge is -2.18. The number of amides is 1. The number of nitrogens with one attached hydrogen (secondary N) is 1. The second-order valence-electron chi connectivity index (χ2n) is 6.32. The molecule has 2 aliphatic heterocycles. The van der Waals surface area contributed by atoms with Crippen LogP contribution < -0.4 is 5.32 Å². The minimum absolute atomic E-state index is 0.0385. The average Bonchev–Trinajstić information content (AvgIpc) is 3.21. The number of fused-ring (bicyclic) bond motifs is 1. The second kappa shape index (κ2) is 5.99. The maximum atomic E-state index is 11.9. The highest BCUT2D eigenvalue weighted by Crippen LogP contribution is 2.32. The first-order chi connectivity index (χ1) is 10.8. The van der Waals surface area contributed by atoms with Crippen LogP contribution in [0, 0.1) is 5.92 Å². The monoisotopic (exact) mass is 303 g/mol. The lowest BCUT2D eigenvalue weighted by Crippen LogP contribution is -2.45. The van der Waals surface area contributed by atoms with Gasteiger partial charge in [0, 0.05) is 5.92 Å². The Balaban J connectivity index is 1.31. The Labute approximate surface area is 129 Å². The third-order valence-electron chi connectivity index (χ3n) is 4.59. The summed E-state index contributed by atoms with van der Waals surface area (Å²) in [5, 5.41) is 3.06. The zero-order valence-electron chi connectivity index (χ0n) is 12.4. The van der Waals surface area contributed by atoms with E-state index in [1.165, 1.54) is 0 Å². The summed E-state index contributed by atoms with van der Waals surface area (Å²) in [6.07, 6.45) is 1.80. The van der Waals surface area contributed by atoms with Gasteiger partial charge >= 0.3 is 0 Å². The molecule has 3 aliphatic rings. The molecule has 1 aliphatic carbocycles. The normalized spacial score (nSPS) is 33.6. The maximum Gasteiger partial charge on any atom is 0.223 e. The van der Waals surface area contributed by atoms with Crippen molar-refractivity contribution in [1.82, 2.24) is 5.32 Å². The molecule has 5 heteroatoms. The number of hydrogen-bond acceptors (Lipinski definition) is 4. The standard InChI is InChI=1S/C17H21NO4/c19-17(12-6-7-12)18-13-9-21-16-14(10-22-15(13)16)20-8-11-4-2-1-3-5-11/h1-5,12-16H,6-10H2,(H,18,19)/t13-,14-,15-,16+/m0/s1. The van der Waals surface area contributed by atoms with Gasteiger partial charge < -0.3 is 19.5 Å². The van der Waals surface area contributed by atoms with Crippen LogP contribution >= 0.6 is 0 Å². The molecule has 4 atom stereocenters. The molecule has 118 valence electrons. The summed E-state index contributed by atoms with van der Waals surface area (Å²) >= 11 is 0. The van der Waals surface area contributed by atoms with Crippen molar-refractivity contribution < 1.29 is 19.0 Å². The third kappa shape index (κ3) is 2.89. The molecule has 0 radical (unpaired) electrons. The number of benzene rings is 1. The minimum Gasteiger partial charge on any atom is -0.370 e. The summed E-state index contributed by atoms with van der Waals surface area (Å²) in [5.74, 6) is 0.358. The maximum absolute atomic E-state index is 11.9. The van der Waals surface area contributed by atoms with E-state index in [-0.39, 0.29) is 36.2 Å². The number of rotatable bonds is 5. The summed E-state index contributed by atoms with van der Waals surface area (Å²) in [7, 11) is 0. The lowest BCUT2D eigenvalue weighted by molar-refractivity contribution is -0.123. The number of carbonyl (C=O) groups excluding carboxylic acids is 1. The largest absolute Gasteiger partial charge is 0.370 e.